The van der Waals surface area contributed by atoms with Gasteiger partial charge in [0.2, 0.25) is 0 Å². The third-order valence-electron chi connectivity index (χ3n) is 4.18. The first kappa shape index (κ1) is 16.6. The van der Waals surface area contributed by atoms with E-state index in [0.717, 1.165) is 23.1 Å². The fraction of sp³-hybridized carbons (Fsp3) is 0.625. The van der Waals surface area contributed by atoms with E-state index in [-0.39, 0.29) is 0 Å². The number of aromatic nitrogens is 2. The number of methoxy groups -OCH3 is 1. The Morgan fingerprint density at radius 2 is 2.13 bits per heavy atom. The molecule has 1 atom stereocenters. The Morgan fingerprint density at radius 1 is 1.35 bits per heavy atom. The van der Waals surface area contributed by atoms with Gasteiger partial charge in [0.1, 0.15) is 16.5 Å². The molecule has 0 saturated heterocycles. The molecule has 7 heteroatoms. The summed E-state index contributed by atoms with van der Waals surface area (Å²) in [6, 6.07) is 0. The number of hydrogen-bond donors (Lipinski definition) is 2. The number of anilines is 1. The molecule has 1 aliphatic carbocycles. The van der Waals surface area contributed by atoms with Crippen LogP contribution < -0.4 is 5.73 Å². The van der Waals surface area contributed by atoms with Gasteiger partial charge >= 0.3 is 0 Å². The largest absolute Gasteiger partial charge is 0.389 e. The lowest BCUT2D eigenvalue weighted by Gasteiger charge is -2.19. The van der Waals surface area contributed by atoms with E-state index in [1.165, 1.54) is 23.3 Å². The van der Waals surface area contributed by atoms with Crippen molar-refractivity contribution in [3.63, 3.8) is 0 Å². The van der Waals surface area contributed by atoms with E-state index in [1.54, 1.807) is 18.4 Å². The van der Waals surface area contributed by atoms with Crippen LogP contribution in [0.1, 0.15) is 29.1 Å². The summed E-state index contributed by atoms with van der Waals surface area (Å²) in [4.78, 5) is 13.6. The van der Waals surface area contributed by atoms with Crippen molar-refractivity contribution in [3.8, 4) is 0 Å². The second-order valence-electron chi connectivity index (χ2n) is 6.22. The number of nitrogens with two attached hydrogens (primary N) is 1. The summed E-state index contributed by atoms with van der Waals surface area (Å²) in [6.45, 7) is 1.39. The molecule has 6 nitrogen and oxygen atoms in total. The SMILES string of the molecule is COCC(O)CN(C)Cc1nc(N)c2c3c(sc2n1)CCCC3. The molecule has 2 heterocycles. The van der Waals surface area contributed by atoms with Crippen molar-refractivity contribution >= 4 is 27.4 Å². The average molecular weight is 336 g/mol. The minimum absolute atomic E-state index is 0.323. The quantitative estimate of drug-likeness (QED) is 0.833. The highest BCUT2D eigenvalue weighted by atomic mass is 32.1. The van der Waals surface area contributed by atoms with E-state index in [2.05, 4.69) is 4.98 Å². The summed E-state index contributed by atoms with van der Waals surface area (Å²) in [5.41, 5.74) is 7.58. The maximum Gasteiger partial charge on any atom is 0.146 e. The molecular formula is C16H24N4O2S. The summed E-state index contributed by atoms with van der Waals surface area (Å²) in [5, 5.41) is 10.9. The summed E-state index contributed by atoms with van der Waals surface area (Å²) >= 11 is 1.76. The van der Waals surface area contributed by atoms with E-state index in [4.69, 9.17) is 15.5 Å². The molecule has 0 spiro atoms. The zero-order chi connectivity index (χ0) is 16.4. The highest BCUT2D eigenvalue weighted by Crippen LogP contribution is 2.37. The Bertz CT molecular complexity index is 688. The zero-order valence-electron chi connectivity index (χ0n) is 13.7. The highest BCUT2D eigenvalue weighted by Gasteiger charge is 2.20. The summed E-state index contributed by atoms with van der Waals surface area (Å²) in [5.74, 6) is 1.30. The first-order valence-electron chi connectivity index (χ1n) is 8.00. The van der Waals surface area contributed by atoms with Gasteiger partial charge < -0.3 is 15.6 Å². The van der Waals surface area contributed by atoms with Gasteiger partial charge in [-0.15, -0.1) is 11.3 Å². The van der Waals surface area contributed by atoms with Crippen LogP contribution in [0.2, 0.25) is 0 Å². The summed E-state index contributed by atoms with van der Waals surface area (Å²) in [7, 11) is 3.52. The molecule has 126 valence electrons. The molecule has 0 fully saturated rings. The maximum absolute atomic E-state index is 9.80. The average Bonchev–Trinajstić information content (AvgIpc) is 2.85. The second kappa shape index (κ2) is 7.09. The first-order valence-corrected chi connectivity index (χ1v) is 8.82. The van der Waals surface area contributed by atoms with Gasteiger partial charge in [-0.3, -0.25) is 4.90 Å². The number of aliphatic hydroxyl groups excluding tert-OH is 1. The van der Waals surface area contributed by atoms with Gasteiger partial charge in [-0.05, 0) is 38.3 Å². The van der Waals surface area contributed by atoms with E-state index >= 15 is 0 Å². The highest BCUT2D eigenvalue weighted by molar-refractivity contribution is 7.19. The minimum atomic E-state index is -0.514. The van der Waals surface area contributed by atoms with Gasteiger partial charge in [0.15, 0.2) is 0 Å². The van der Waals surface area contributed by atoms with Crippen LogP contribution in [0.5, 0.6) is 0 Å². The number of thiophene rings is 1. The van der Waals surface area contributed by atoms with E-state index in [0.29, 0.717) is 31.3 Å². The Balaban J connectivity index is 1.80. The van der Waals surface area contributed by atoms with Crippen LogP contribution in [0, 0.1) is 0 Å². The van der Waals surface area contributed by atoms with E-state index in [9.17, 15) is 5.11 Å². The Morgan fingerprint density at radius 3 is 2.91 bits per heavy atom. The van der Waals surface area contributed by atoms with Gasteiger partial charge in [-0.1, -0.05) is 0 Å². The molecule has 1 aliphatic rings. The third-order valence-corrected chi connectivity index (χ3v) is 5.37. The molecule has 3 N–H and O–H groups in total. The summed E-state index contributed by atoms with van der Waals surface area (Å²) < 4.78 is 4.95. The van der Waals surface area contributed by atoms with Crippen LogP contribution >= 0.6 is 11.3 Å². The molecule has 2 aromatic heterocycles. The number of aryl methyl sites for hydroxylation is 2. The lowest BCUT2D eigenvalue weighted by molar-refractivity contribution is 0.0414. The topological polar surface area (TPSA) is 84.5 Å². The molecule has 2 aromatic rings. The molecule has 23 heavy (non-hydrogen) atoms. The van der Waals surface area contributed by atoms with Crippen molar-refractivity contribution in [1.29, 1.82) is 0 Å². The van der Waals surface area contributed by atoms with Crippen molar-refractivity contribution in [2.45, 2.75) is 38.3 Å². The van der Waals surface area contributed by atoms with Gasteiger partial charge in [0, 0.05) is 18.5 Å². The van der Waals surface area contributed by atoms with E-state index < -0.39 is 6.10 Å². The fourth-order valence-electron chi connectivity index (χ4n) is 3.21. The number of ether oxygens (including phenoxy) is 1. The smallest absolute Gasteiger partial charge is 0.146 e. The van der Waals surface area contributed by atoms with Crippen molar-refractivity contribution < 1.29 is 9.84 Å². The van der Waals surface area contributed by atoms with Gasteiger partial charge in [-0.25, -0.2) is 9.97 Å². The molecule has 1 unspecified atom stereocenters. The van der Waals surface area contributed by atoms with Crippen LogP contribution in [-0.2, 0) is 24.1 Å². The Hall–Kier alpha value is -1.28. The summed E-state index contributed by atoms with van der Waals surface area (Å²) in [6.07, 6.45) is 4.18. The number of hydrogen-bond acceptors (Lipinski definition) is 7. The van der Waals surface area contributed by atoms with Crippen LogP contribution in [0.3, 0.4) is 0 Å². The molecule has 0 aliphatic heterocycles. The second-order valence-corrected chi connectivity index (χ2v) is 7.31. The Kier molecular flexibility index (Phi) is 5.11. The number of nitrogens with zero attached hydrogens (tertiary/aromatic N) is 3. The van der Waals surface area contributed by atoms with E-state index in [1.807, 2.05) is 11.9 Å². The minimum Gasteiger partial charge on any atom is -0.389 e. The monoisotopic (exact) mass is 336 g/mol. The van der Waals surface area contributed by atoms with Crippen molar-refractivity contribution in [3.05, 3.63) is 16.3 Å². The first-order chi connectivity index (χ1) is 11.1. The van der Waals surface area contributed by atoms with Crippen molar-refractivity contribution in [1.82, 2.24) is 14.9 Å². The van der Waals surface area contributed by atoms with Crippen LogP contribution in [-0.4, -0.2) is 53.4 Å². The third kappa shape index (κ3) is 3.63. The van der Waals surface area contributed by atoms with Crippen LogP contribution in [0.25, 0.3) is 10.2 Å². The predicted molar refractivity (Wildman–Crippen MR) is 92.7 cm³/mol. The normalized spacial score (nSPS) is 16.0. The molecule has 0 bridgehead atoms. The Labute approximate surface area is 140 Å². The van der Waals surface area contributed by atoms with Crippen molar-refractivity contribution in [2.24, 2.45) is 0 Å². The molecule has 0 amide bonds. The number of nitrogen functional groups attached to an aromatic ring is 1. The number of aliphatic hydroxyl groups is 1. The number of rotatable bonds is 6. The van der Waals surface area contributed by atoms with Gasteiger partial charge in [0.25, 0.3) is 0 Å². The lowest BCUT2D eigenvalue weighted by atomic mass is 9.97. The molecule has 0 aromatic carbocycles. The number of fused-ring (bicyclic) bond motifs is 3. The maximum atomic E-state index is 9.80. The zero-order valence-corrected chi connectivity index (χ0v) is 14.5. The van der Waals surface area contributed by atoms with Gasteiger partial charge in [0.05, 0.1) is 24.6 Å². The van der Waals surface area contributed by atoms with Gasteiger partial charge in [-0.2, -0.15) is 0 Å². The molecule has 0 saturated carbocycles. The van der Waals surface area contributed by atoms with Crippen LogP contribution in [0.4, 0.5) is 5.82 Å². The standard InChI is InChI=1S/C16H24N4O2S/c1-20(7-10(21)9-22-2)8-13-18-15(17)14-11-5-3-4-6-12(11)23-16(14)19-13/h10,21H,3-9H2,1-2H3,(H2,17,18,19). The number of likely N-dealkylation sites (N-methyl/N-ethyl adjacent to an activating group) is 1. The van der Waals surface area contributed by atoms with Crippen LogP contribution in [0.15, 0.2) is 0 Å². The molecule has 0 radical (unpaired) electrons. The molecule has 3 rings (SSSR count). The fourth-order valence-corrected chi connectivity index (χ4v) is 4.50. The predicted octanol–water partition coefficient (Wildman–Crippen LogP) is 1.59. The lowest BCUT2D eigenvalue weighted by Crippen LogP contribution is -2.32. The molecular weight excluding hydrogens is 312 g/mol. The van der Waals surface area contributed by atoms with Crippen molar-refractivity contribution in [2.75, 3.05) is 33.0 Å².